The van der Waals surface area contributed by atoms with E-state index in [-0.39, 0.29) is 30.1 Å². The number of rotatable bonds is 4. The minimum absolute atomic E-state index is 0.0177. The molecule has 220 valence electrons. The van der Waals surface area contributed by atoms with Gasteiger partial charge in [-0.05, 0) is 65.5 Å². The highest BCUT2D eigenvalue weighted by atomic mass is 16.5. The first-order valence-electron chi connectivity index (χ1n) is 13.8. The molecule has 0 aromatic heterocycles. The summed E-state index contributed by atoms with van der Waals surface area (Å²) in [5, 5.41) is 46.3. The molecule has 5 rings (SSSR count). The quantitative estimate of drug-likeness (QED) is 0.236. The van der Waals surface area contributed by atoms with Gasteiger partial charge < -0.3 is 36.6 Å². The Balaban J connectivity index is 1.75. The number of primary amides is 1. The molecule has 0 saturated heterocycles. The zero-order valence-corrected chi connectivity index (χ0v) is 23.8. The number of amides is 1. The molecule has 0 heterocycles. The molecule has 0 aliphatic heterocycles. The Morgan fingerprint density at radius 3 is 2.34 bits per heavy atom. The number of aliphatic hydroxyl groups is 3. The van der Waals surface area contributed by atoms with Gasteiger partial charge in [-0.1, -0.05) is 33.8 Å². The second-order valence-electron chi connectivity index (χ2n) is 12.9. The molecule has 3 aliphatic carbocycles. The minimum Gasteiger partial charge on any atom is -0.507 e. The second kappa shape index (κ2) is 9.27. The lowest BCUT2D eigenvalue weighted by molar-refractivity contribution is -0.265. The number of phenolic OH excluding ortho intramolecular Hbond substituents is 1. The minimum atomic E-state index is -2.55. The molecule has 1 amide bonds. The van der Waals surface area contributed by atoms with E-state index < -0.39 is 63.9 Å². The van der Waals surface area contributed by atoms with E-state index in [1.165, 1.54) is 13.2 Å². The first kappa shape index (κ1) is 29.0. The van der Waals surface area contributed by atoms with Crippen molar-refractivity contribution in [1.29, 1.82) is 0 Å². The van der Waals surface area contributed by atoms with E-state index in [1.54, 1.807) is 45.0 Å². The van der Waals surface area contributed by atoms with Crippen LogP contribution < -0.4 is 16.2 Å². The molecular formula is C31H38N2O8. The molecular weight excluding hydrogens is 528 g/mol. The van der Waals surface area contributed by atoms with Crippen molar-refractivity contribution >= 4 is 23.2 Å². The number of hydrogen-bond acceptors (Lipinski definition) is 9. The molecule has 8 N–H and O–H groups in total. The Hall–Kier alpha value is -3.47. The van der Waals surface area contributed by atoms with Crippen LogP contribution in [0.4, 0.5) is 5.69 Å². The number of Topliss-reactive ketones (excluding diaryl/α,β-unsaturated/α-hetero) is 2. The van der Waals surface area contributed by atoms with Crippen molar-refractivity contribution in [3.8, 4) is 22.6 Å². The van der Waals surface area contributed by atoms with Gasteiger partial charge in [0.25, 0.3) is 0 Å². The number of methoxy groups -OCH3 is 1. The molecule has 10 nitrogen and oxygen atoms in total. The summed E-state index contributed by atoms with van der Waals surface area (Å²) in [4.78, 5) is 40.4. The number of aromatic hydroxyl groups is 1. The van der Waals surface area contributed by atoms with Gasteiger partial charge >= 0.3 is 0 Å². The maximum atomic E-state index is 14.3. The zero-order valence-electron chi connectivity index (χ0n) is 23.8. The molecule has 0 spiro atoms. The van der Waals surface area contributed by atoms with E-state index in [0.29, 0.717) is 28.1 Å². The van der Waals surface area contributed by atoms with Crippen LogP contribution in [0.1, 0.15) is 50.0 Å². The largest absolute Gasteiger partial charge is 0.507 e. The summed E-state index contributed by atoms with van der Waals surface area (Å²) >= 11 is 0. The number of fused-ring (bicyclic) bond motifs is 3. The highest BCUT2D eigenvalue weighted by Gasteiger charge is 2.75. The summed E-state index contributed by atoms with van der Waals surface area (Å²) in [5.74, 6) is -6.80. The normalized spacial score (nSPS) is 36.4. The fourth-order valence-electron chi connectivity index (χ4n) is 8.72. The number of nitrogens with two attached hydrogens (primary N) is 2. The third-order valence-electron chi connectivity index (χ3n) is 10.2. The smallest absolute Gasteiger partial charge is 0.230 e. The van der Waals surface area contributed by atoms with Crippen molar-refractivity contribution in [2.75, 3.05) is 12.8 Å². The topological polar surface area (TPSA) is 193 Å². The van der Waals surface area contributed by atoms with E-state index in [0.717, 1.165) is 0 Å². The van der Waals surface area contributed by atoms with Crippen LogP contribution in [0.2, 0.25) is 0 Å². The maximum absolute atomic E-state index is 14.3. The Labute approximate surface area is 238 Å². The lowest BCUT2D eigenvalue weighted by atomic mass is 9.39. The summed E-state index contributed by atoms with van der Waals surface area (Å²) in [5.41, 5.74) is 8.81. The molecule has 10 heteroatoms. The van der Waals surface area contributed by atoms with E-state index >= 15 is 0 Å². The van der Waals surface area contributed by atoms with Gasteiger partial charge in [-0.25, -0.2) is 0 Å². The first-order chi connectivity index (χ1) is 19.0. The predicted octanol–water partition coefficient (Wildman–Crippen LogP) is 1.83. The number of ether oxygens (including phenoxy) is 1. The van der Waals surface area contributed by atoms with Crippen LogP contribution in [-0.4, -0.2) is 62.8 Å². The van der Waals surface area contributed by atoms with Crippen molar-refractivity contribution in [2.45, 2.75) is 58.3 Å². The number of anilines is 1. The molecule has 2 saturated carbocycles. The van der Waals surface area contributed by atoms with Crippen LogP contribution in [0.3, 0.4) is 0 Å². The van der Waals surface area contributed by atoms with Crippen molar-refractivity contribution in [3.63, 3.8) is 0 Å². The monoisotopic (exact) mass is 566 g/mol. The van der Waals surface area contributed by atoms with Crippen LogP contribution in [0.5, 0.6) is 11.5 Å². The van der Waals surface area contributed by atoms with Gasteiger partial charge in [0.15, 0.2) is 17.2 Å². The van der Waals surface area contributed by atoms with Crippen LogP contribution in [-0.2, 0) is 16.0 Å². The van der Waals surface area contributed by atoms with Crippen molar-refractivity contribution in [2.24, 2.45) is 40.2 Å². The van der Waals surface area contributed by atoms with E-state index in [1.807, 2.05) is 6.92 Å². The molecule has 3 aliphatic rings. The summed E-state index contributed by atoms with van der Waals surface area (Å²) in [7, 11) is 1.51. The number of aliphatic hydroxyl groups excluding tert-OH is 2. The molecule has 2 fully saturated rings. The summed E-state index contributed by atoms with van der Waals surface area (Å²) in [6.07, 6.45) is -3.17. The van der Waals surface area contributed by atoms with Gasteiger partial charge in [0.05, 0.1) is 24.7 Å². The summed E-state index contributed by atoms with van der Waals surface area (Å²) in [6.45, 7) is 7.05. The highest BCUT2D eigenvalue weighted by molar-refractivity contribution is 6.09. The molecule has 2 aromatic rings. The highest BCUT2D eigenvalue weighted by Crippen LogP contribution is 2.66. The third kappa shape index (κ3) is 3.70. The SMILES string of the molecule is COc1ccc(N)cc1-c1ccc(O)c2c1C[C@]1(C)C[C@]3(C)[C@@H](C(C)C)C(O)[C@@H](C(N)=O)C(=O)[C@]3(O)C(O)[C@H]1C2=O. The van der Waals surface area contributed by atoms with Crippen LogP contribution >= 0.6 is 0 Å². The average Bonchev–Trinajstić information content (AvgIpc) is 2.86. The third-order valence-corrected chi connectivity index (χ3v) is 10.2. The summed E-state index contributed by atoms with van der Waals surface area (Å²) in [6, 6.07) is 8.18. The standard InChI is InChI=1S/C31H38N2O8/c1-13(2)22-25(36)21(28(33)39)26(37)31(40)27(38)23-24(35)20-17(11-29(23,3)12-30(22,31)4)15(7-8-18(20)34)16-10-14(32)6-9-19(16)41-5/h6-10,13,21-23,25,27,34,36,38,40H,11-12,32H2,1-5H3,(H2,33,39)/t21-,22+,23-,25?,27?,29-,30-,31+/m1/s1. The second-order valence-corrected chi connectivity index (χ2v) is 12.9. The molecule has 0 radical (unpaired) electrons. The maximum Gasteiger partial charge on any atom is 0.230 e. The molecule has 8 atom stereocenters. The van der Waals surface area contributed by atoms with Crippen LogP contribution in [0, 0.1) is 34.5 Å². The fraction of sp³-hybridized carbons (Fsp3) is 0.516. The Kier molecular flexibility index (Phi) is 6.57. The average molecular weight is 567 g/mol. The van der Waals surface area contributed by atoms with Gasteiger partial charge in [0, 0.05) is 16.7 Å². The fourth-order valence-corrected chi connectivity index (χ4v) is 8.72. The number of carbonyl (C=O) groups is 3. The number of hydrogen-bond donors (Lipinski definition) is 6. The Morgan fingerprint density at radius 1 is 1.10 bits per heavy atom. The van der Waals surface area contributed by atoms with Crippen molar-refractivity contribution in [3.05, 3.63) is 41.5 Å². The van der Waals surface area contributed by atoms with Gasteiger partial charge in [-0.3, -0.25) is 14.4 Å². The first-order valence-corrected chi connectivity index (χ1v) is 13.8. The number of ketones is 2. The zero-order chi connectivity index (χ0) is 30.4. The van der Waals surface area contributed by atoms with E-state index in [4.69, 9.17) is 16.2 Å². The molecule has 41 heavy (non-hydrogen) atoms. The number of phenols is 1. The van der Waals surface area contributed by atoms with Crippen LogP contribution in [0.15, 0.2) is 30.3 Å². The van der Waals surface area contributed by atoms with Gasteiger partial charge in [0.2, 0.25) is 5.91 Å². The van der Waals surface area contributed by atoms with E-state index in [2.05, 4.69) is 0 Å². The van der Waals surface area contributed by atoms with Gasteiger partial charge in [-0.15, -0.1) is 0 Å². The van der Waals surface area contributed by atoms with Crippen LogP contribution in [0.25, 0.3) is 11.1 Å². The lowest BCUT2D eigenvalue weighted by Crippen LogP contribution is -2.79. The number of benzene rings is 2. The lowest BCUT2D eigenvalue weighted by Gasteiger charge is -2.66. The number of nitrogen functional groups attached to an aromatic ring is 1. The predicted molar refractivity (Wildman–Crippen MR) is 150 cm³/mol. The van der Waals surface area contributed by atoms with Crippen molar-refractivity contribution < 1.29 is 39.5 Å². The Bertz CT molecular complexity index is 1470. The van der Waals surface area contributed by atoms with Gasteiger partial charge in [0.1, 0.15) is 23.5 Å². The molecule has 2 unspecified atom stereocenters. The molecule has 0 bridgehead atoms. The number of carbonyl (C=O) groups excluding carboxylic acids is 3. The molecule has 2 aromatic carbocycles. The Morgan fingerprint density at radius 2 is 1.76 bits per heavy atom. The van der Waals surface area contributed by atoms with E-state index in [9.17, 15) is 34.8 Å². The van der Waals surface area contributed by atoms with Gasteiger partial charge in [-0.2, -0.15) is 0 Å². The van der Waals surface area contributed by atoms with Crippen molar-refractivity contribution in [1.82, 2.24) is 0 Å². The summed E-state index contributed by atoms with van der Waals surface area (Å²) < 4.78 is 5.57.